The molecule has 0 radical (unpaired) electrons. The fourth-order valence-corrected chi connectivity index (χ4v) is 4.01. The molecule has 156 valence electrons. The molecule has 2 N–H and O–H groups in total. The summed E-state index contributed by atoms with van der Waals surface area (Å²) >= 11 is 6.94. The molecule has 1 aromatic carbocycles. The van der Waals surface area contributed by atoms with Gasteiger partial charge in [-0.05, 0) is 43.9 Å². The molecule has 0 aromatic heterocycles. The first-order chi connectivity index (χ1) is 13.7. The van der Waals surface area contributed by atoms with Gasteiger partial charge in [-0.3, -0.25) is 9.59 Å². The quantitative estimate of drug-likeness (QED) is 0.663. The SMILES string of the molecule is O=C(C[C@H]1S/C(=N/N=C2CCCCC2)NC1=O)Nc1cc(C(F)(F)F)ccc1Cl. The Kier molecular flexibility index (Phi) is 6.84. The molecule has 1 atom stereocenters. The average molecular weight is 447 g/mol. The third kappa shape index (κ3) is 5.96. The number of amides is 2. The molecule has 2 aliphatic rings. The second kappa shape index (κ2) is 9.17. The molecule has 11 heteroatoms. The predicted octanol–water partition coefficient (Wildman–Crippen LogP) is 4.60. The normalized spacial score (nSPS) is 21.2. The Morgan fingerprint density at radius 2 is 1.97 bits per heavy atom. The second-order valence-corrected chi connectivity index (χ2v) is 8.27. The lowest BCUT2D eigenvalue weighted by Gasteiger charge is -2.12. The molecule has 2 fully saturated rings. The molecular weight excluding hydrogens is 429 g/mol. The molecule has 0 bridgehead atoms. The van der Waals surface area contributed by atoms with Crippen molar-refractivity contribution < 1.29 is 22.8 Å². The van der Waals surface area contributed by atoms with Crippen LogP contribution in [0, 0.1) is 0 Å². The molecule has 1 saturated carbocycles. The van der Waals surface area contributed by atoms with Crippen molar-refractivity contribution in [3.05, 3.63) is 28.8 Å². The molecule has 0 unspecified atom stereocenters. The Hall–Kier alpha value is -2.07. The third-order valence-electron chi connectivity index (χ3n) is 4.43. The summed E-state index contributed by atoms with van der Waals surface area (Å²) in [6, 6.07) is 2.65. The minimum atomic E-state index is -4.56. The molecule has 3 rings (SSSR count). The maximum atomic E-state index is 12.8. The smallest absolute Gasteiger partial charge is 0.325 e. The van der Waals surface area contributed by atoms with Gasteiger partial charge in [-0.1, -0.05) is 29.8 Å². The topological polar surface area (TPSA) is 82.9 Å². The van der Waals surface area contributed by atoms with E-state index >= 15 is 0 Å². The van der Waals surface area contributed by atoms with Crippen LogP contribution in [0.4, 0.5) is 18.9 Å². The summed E-state index contributed by atoms with van der Waals surface area (Å²) in [5, 5.41) is 12.7. The van der Waals surface area contributed by atoms with Gasteiger partial charge in [0, 0.05) is 12.1 Å². The highest BCUT2D eigenvalue weighted by Crippen LogP contribution is 2.34. The average Bonchev–Trinajstić information content (AvgIpc) is 3.01. The zero-order chi connectivity index (χ0) is 21.0. The summed E-state index contributed by atoms with van der Waals surface area (Å²) in [6.07, 6.45) is 0.301. The highest BCUT2D eigenvalue weighted by molar-refractivity contribution is 8.15. The van der Waals surface area contributed by atoms with Crippen molar-refractivity contribution in [3.63, 3.8) is 0 Å². The number of rotatable bonds is 4. The Bertz CT molecular complexity index is 865. The van der Waals surface area contributed by atoms with Crippen molar-refractivity contribution in [1.82, 2.24) is 5.32 Å². The van der Waals surface area contributed by atoms with Gasteiger partial charge in [0.05, 0.1) is 16.3 Å². The zero-order valence-corrected chi connectivity index (χ0v) is 16.8. The molecule has 2 amide bonds. The van der Waals surface area contributed by atoms with E-state index in [9.17, 15) is 22.8 Å². The number of hydrogen-bond donors (Lipinski definition) is 2. The van der Waals surface area contributed by atoms with Gasteiger partial charge in [0.1, 0.15) is 5.25 Å². The Balaban J connectivity index is 1.60. The minimum Gasteiger partial charge on any atom is -0.325 e. The first-order valence-corrected chi connectivity index (χ1v) is 10.3. The molecule has 6 nitrogen and oxygen atoms in total. The third-order valence-corrected chi connectivity index (χ3v) is 5.83. The van der Waals surface area contributed by atoms with E-state index in [0.29, 0.717) is 5.17 Å². The number of halogens is 4. The zero-order valence-electron chi connectivity index (χ0n) is 15.2. The predicted molar refractivity (Wildman–Crippen MR) is 107 cm³/mol. The van der Waals surface area contributed by atoms with E-state index < -0.39 is 28.8 Å². The number of benzene rings is 1. The van der Waals surface area contributed by atoms with E-state index in [4.69, 9.17) is 11.6 Å². The van der Waals surface area contributed by atoms with Gasteiger partial charge in [-0.2, -0.15) is 18.3 Å². The summed E-state index contributed by atoms with van der Waals surface area (Å²) in [5.41, 5.74) is -0.104. The highest BCUT2D eigenvalue weighted by atomic mass is 35.5. The summed E-state index contributed by atoms with van der Waals surface area (Å²) in [5.74, 6) is -1.03. The number of hydrogen-bond acceptors (Lipinski definition) is 5. The van der Waals surface area contributed by atoms with Gasteiger partial charge in [-0.25, -0.2) is 0 Å². The van der Waals surface area contributed by atoms with E-state index in [1.165, 1.54) is 6.42 Å². The maximum Gasteiger partial charge on any atom is 0.416 e. The van der Waals surface area contributed by atoms with E-state index in [2.05, 4.69) is 20.8 Å². The van der Waals surface area contributed by atoms with Crippen LogP contribution in [-0.2, 0) is 15.8 Å². The number of carbonyl (C=O) groups excluding carboxylic acids is 2. The van der Waals surface area contributed by atoms with Gasteiger partial charge in [0.2, 0.25) is 11.8 Å². The molecule has 1 saturated heterocycles. The number of nitrogens with zero attached hydrogens (tertiary/aromatic N) is 2. The number of thioether (sulfide) groups is 1. The number of amidine groups is 1. The number of anilines is 1. The molecule has 1 aliphatic carbocycles. The fraction of sp³-hybridized carbons (Fsp3) is 0.444. The van der Waals surface area contributed by atoms with Crippen LogP contribution in [0.1, 0.15) is 44.1 Å². The Labute approximate surface area is 174 Å². The van der Waals surface area contributed by atoms with Gasteiger partial charge in [-0.15, -0.1) is 5.10 Å². The standard InChI is InChI=1S/C18H18ClF3N4O2S/c19-12-7-6-10(18(20,21)22)8-13(12)23-15(27)9-14-16(28)24-17(29-14)26-25-11-4-2-1-3-5-11/h6-8,14H,1-5,9H2,(H,23,27)(H,24,26,28)/t14-/m1/s1. The summed E-state index contributed by atoms with van der Waals surface area (Å²) in [6.45, 7) is 0. The van der Waals surface area contributed by atoms with Crippen LogP contribution in [0.5, 0.6) is 0 Å². The van der Waals surface area contributed by atoms with Crippen molar-refractivity contribution in [1.29, 1.82) is 0 Å². The lowest BCUT2D eigenvalue weighted by molar-refractivity contribution is -0.137. The summed E-state index contributed by atoms with van der Waals surface area (Å²) in [4.78, 5) is 24.3. The number of nitrogens with one attached hydrogen (secondary N) is 2. The van der Waals surface area contributed by atoms with Crippen LogP contribution in [0.2, 0.25) is 5.02 Å². The largest absolute Gasteiger partial charge is 0.416 e. The molecule has 1 heterocycles. The van der Waals surface area contributed by atoms with Crippen molar-refractivity contribution in [2.75, 3.05) is 5.32 Å². The van der Waals surface area contributed by atoms with E-state index in [1.54, 1.807) is 0 Å². The van der Waals surface area contributed by atoms with E-state index in [1.807, 2.05) is 0 Å². The van der Waals surface area contributed by atoms with Crippen LogP contribution in [0.15, 0.2) is 28.4 Å². The lowest BCUT2D eigenvalue weighted by atomic mass is 9.99. The van der Waals surface area contributed by atoms with Crippen LogP contribution in [-0.4, -0.2) is 27.9 Å². The number of carbonyl (C=O) groups is 2. The molecule has 0 spiro atoms. The lowest BCUT2D eigenvalue weighted by Crippen LogP contribution is -2.28. The van der Waals surface area contributed by atoms with Crippen LogP contribution in [0.25, 0.3) is 0 Å². The second-order valence-electron chi connectivity index (χ2n) is 6.67. The summed E-state index contributed by atoms with van der Waals surface area (Å²) < 4.78 is 38.5. The first kappa shape index (κ1) is 21.6. The van der Waals surface area contributed by atoms with Gasteiger partial charge in [0.25, 0.3) is 0 Å². The van der Waals surface area contributed by atoms with Crippen LogP contribution >= 0.6 is 23.4 Å². The van der Waals surface area contributed by atoms with Crippen LogP contribution in [0.3, 0.4) is 0 Å². The monoisotopic (exact) mass is 446 g/mol. The summed E-state index contributed by atoms with van der Waals surface area (Å²) in [7, 11) is 0. The maximum absolute atomic E-state index is 12.8. The fourth-order valence-electron chi connectivity index (χ4n) is 2.93. The Morgan fingerprint density at radius 1 is 1.24 bits per heavy atom. The molecule has 1 aromatic rings. The van der Waals surface area contributed by atoms with Crippen molar-refractivity contribution in [2.45, 2.75) is 50.0 Å². The van der Waals surface area contributed by atoms with Gasteiger partial charge >= 0.3 is 6.18 Å². The van der Waals surface area contributed by atoms with Gasteiger partial charge in [0.15, 0.2) is 5.17 Å². The molecular formula is C18H18ClF3N4O2S. The van der Waals surface area contributed by atoms with Crippen molar-refractivity contribution >= 4 is 51.7 Å². The molecule has 29 heavy (non-hydrogen) atoms. The van der Waals surface area contributed by atoms with Crippen molar-refractivity contribution in [3.8, 4) is 0 Å². The van der Waals surface area contributed by atoms with E-state index in [-0.39, 0.29) is 17.1 Å². The van der Waals surface area contributed by atoms with Crippen LogP contribution < -0.4 is 10.6 Å². The first-order valence-electron chi connectivity index (χ1n) is 9.00. The minimum absolute atomic E-state index is 0.0274. The van der Waals surface area contributed by atoms with Crippen molar-refractivity contribution in [2.24, 2.45) is 10.2 Å². The molecule has 1 aliphatic heterocycles. The Morgan fingerprint density at radius 3 is 2.66 bits per heavy atom. The highest BCUT2D eigenvalue weighted by Gasteiger charge is 2.33. The van der Waals surface area contributed by atoms with Gasteiger partial charge < -0.3 is 10.6 Å². The van der Waals surface area contributed by atoms with E-state index in [0.717, 1.165) is 61.4 Å². The number of alkyl halides is 3.